The quantitative estimate of drug-likeness (QED) is 0.401. The molecule has 0 unspecified atom stereocenters. The first-order valence-corrected chi connectivity index (χ1v) is 9.47. The molecule has 2 heterocycles. The highest BCUT2D eigenvalue weighted by Crippen LogP contribution is 2.32. The van der Waals surface area contributed by atoms with Crippen molar-refractivity contribution >= 4 is 5.65 Å². The predicted octanol–water partition coefficient (Wildman–Crippen LogP) is 5.74. The van der Waals surface area contributed by atoms with Crippen LogP contribution in [-0.4, -0.2) is 21.7 Å². The molecule has 0 aliphatic carbocycles. The van der Waals surface area contributed by atoms with Gasteiger partial charge in [-0.15, -0.1) is 10.2 Å². The molecule has 5 aromatic rings. The standard InChI is InChI=1S/C25H19N3O/c1-29-22-14-12-18(13-15-22)21-16-23(19-8-4-2-5-9-19)25-27-26-24(28(25)17-21)20-10-6-3-7-11-20/h2-17H,1H3. The second-order valence-electron chi connectivity index (χ2n) is 6.82. The second kappa shape index (κ2) is 7.24. The van der Waals surface area contributed by atoms with Crippen molar-refractivity contribution in [2.45, 2.75) is 0 Å². The lowest BCUT2D eigenvalue weighted by atomic mass is 10.0. The van der Waals surface area contributed by atoms with Crippen LogP contribution in [0.2, 0.25) is 0 Å². The molecule has 0 aliphatic rings. The van der Waals surface area contributed by atoms with Gasteiger partial charge in [0.15, 0.2) is 11.5 Å². The molecule has 0 bridgehead atoms. The zero-order chi connectivity index (χ0) is 19.6. The summed E-state index contributed by atoms with van der Waals surface area (Å²) in [6, 6.07) is 30.7. The highest BCUT2D eigenvalue weighted by Gasteiger charge is 2.15. The van der Waals surface area contributed by atoms with Crippen LogP contribution in [0.5, 0.6) is 5.75 Å². The summed E-state index contributed by atoms with van der Waals surface area (Å²) < 4.78 is 7.39. The fourth-order valence-electron chi connectivity index (χ4n) is 3.55. The van der Waals surface area contributed by atoms with Crippen molar-refractivity contribution in [2.75, 3.05) is 7.11 Å². The van der Waals surface area contributed by atoms with E-state index >= 15 is 0 Å². The van der Waals surface area contributed by atoms with Crippen molar-refractivity contribution in [1.82, 2.24) is 14.6 Å². The Morgan fingerprint density at radius 3 is 1.97 bits per heavy atom. The van der Waals surface area contributed by atoms with Crippen LogP contribution in [0, 0.1) is 0 Å². The molecule has 0 spiro atoms. The summed E-state index contributed by atoms with van der Waals surface area (Å²) in [4.78, 5) is 0. The number of hydrogen-bond acceptors (Lipinski definition) is 3. The fraction of sp³-hybridized carbons (Fsp3) is 0.0400. The number of ether oxygens (including phenoxy) is 1. The molecule has 2 aromatic heterocycles. The molecule has 3 aromatic carbocycles. The van der Waals surface area contributed by atoms with Crippen molar-refractivity contribution in [2.24, 2.45) is 0 Å². The van der Waals surface area contributed by atoms with Crippen LogP contribution in [0.25, 0.3) is 39.3 Å². The Labute approximate surface area is 169 Å². The molecule has 29 heavy (non-hydrogen) atoms. The Hall–Kier alpha value is -3.92. The van der Waals surface area contributed by atoms with E-state index in [9.17, 15) is 0 Å². The van der Waals surface area contributed by atoms with Crippen molar-refractivity contribution in [3.8, 4) is 39.4 Å². The SMILES string of the molecule is COc1ccc(-c2cc(-c3ccccc3)c3nnc(-c4ccccc4)n3c2)cc1. The van der Waals surface area contributed by atoms with Gasteiger partial charge in [0.25, 0.3) is 0 Å². The van der Waals surface area contributed by atoms with E-state index in [0.717, 1.165) is 45.0 Å². The van der Waals surface area contributed by atoms with E-state index in [2.05, 4.69) is 63.3 Å². The van der Waals surface area contributed by atoms with Crippen LogP contribution < -0.4 is 4.74 Å². The zero-order valence-electron chi connectivity index (χ0n) is 16.0. The normalized spacial score (nSPS) is 10.9. The second-order valence-corrected chi connectivity index (χ2v) is 6.82. The van der Waals surface area contributed by atoms with E-state index in [-0.39, 0.29) is 0 Å². The average Bonchev–Trinajstić information content (AvgIpc) is 3.24. The smallest absolute Gasteiger partial charge is 0.169 e. The maximum Gasteiger partial charge on any atom is 0.169 e. The van der Waals surface area contributed by atoms with Crippen LogP contribution in [0.15, 0.2) is 97.2 Å². The Bertz CT molecular complexity index is 1260. The number of fused-ring (bicyclic) bond motifs is 1. The highest BCUT2D eigenvalue weighted by atomic mass is 16.5. The number of nitrogens with zero attached hydrogens (tertiary/aromatic N) is 3. The third kappa shape index (κ3) is 3.15. The van der Waals surface area contributed by atoms with Gasteiger partial charge in [0.2, 0.25) is 0 Å². The lowest BCUT2D eigenvalue weighted by molar-refractivity contribution is 0.415. The van der Waals surface area contributed by atoms with Crippen molar-refractivity contribution in [3.05, 3.63) is 97.2 Å². The van der Waals surface area contributed by atoms with Crippen LogP contribution in [0.3, 0.4) is 0 Å². The van der Waals surface area contributed by atoms with Gasteiger partial charge in [-0.2, -0.15) is 0 Å². The van der Waals surface area contributed by atoms with Gasteiger partial charge in [-0.25, -0.2) is 0 Å². The average molecular weight is 377 g/mol. The first-order chi connectivity index (χ1) is 14.3. The zero-order valence-corrected chi connectivity index (χ0v) is 16.0. The van der Waals surface area contributed by atoms with E-state index in [0.29, 0.717) is 0 Å². The molecule has 0 radical (unpaired) electrons. The molecule has 5 rings (SSSR count). The van der Waals surface area contributed by atoms with Gasteiger partial charge in [0.1, 0.15) is 5.75 Å². The van der Waals surface area contributed by atoms with E-state index < -0.39 is 0 Å². The number of methoxy groups -OCH3 is 1. The molecular formula is C25H19N3O. The van der Waals surface area contributed by atoms with Crippen molar-refractivity contribution < 1.29 is 4.74 Å². The number of hydrogen-bond donors (Lipinski definition) is 0. The van der Waals surface area contributed by atoms with Crippen LogP contribution in [-0.2, 0) is 0 Å². The Kier molecular flexibility index (Phi) is 4.30. The predicted molar refractivity (Wildman–Crippen MR) is 116 cm³/mol. The first-order valence-electron chi connectivity index (χ1n) is 9.47. The van der Waals surface area contributed by atoms with Gasteiger partial charge in [0.05, 0.1) is 7.11 Å². The number of rotatable bonds is 4. The summed E-state index contributed by atoms with van der Waals surface area (Å²) in [5.41, 5.74) is 6.24. The van der Waals surface area contributed by atoms with Gasteiger partial charge >= 0.3 is 0 Å². The van der Waals surface area contributed by atoms with E-state index in [1.165, 1.54) is 0 Å². The molecule has 0 fully saturated rings. The van der Waals surface area contributed by atoms with Gasteiger partial charge in [-0.1, -0.05) is 72.8 Å². The monoisotopic (exact) mass is 377 g/mol. The van der Waals surface area contributed by atoms with Gasteiger partial charge < -0.3 is 4.74 Å². The fourth-order valence-corrected chi connectivity index (χ4v) is 3.55. The highest BCUT2D eigenvalue weighted by molar-refractivity contribution is 5.83. The van der Waals surface area contributed by atoms with Crippen molar-refractivity contribution in [3.63, 3.8) is 0 Å². The molecule has 0 amide bonds. The lowest BCUT2D eigenvalue weighted by Gasteiger charge is -2.10. The maximum absolute atomic E-state index is 5.31. The lowest BCUT2D eigenvalue weighted by Crippen LogP contribution is -1.94. The summed E-state index contributed by atoms with van der Waals surface area (Å²) in [6.07, 6.45) is 2.10. The number of benzene rings is 3. The summed E-state index contributed by atoms with van der Waals surface area (Å²) in [5.74, 6) is 1.67. The molecule has 0 saturated carbocycles. The molecule has 0 saturated heterocycles. The van der Waals surface area contributed by atoms with Crippen LogP contribution in [0.1, 0.15) is 0 Å². The third-order valence-corrected chi connectivity index (χ3v) is 5.04. The topological polar surface area (TPSA) is 39.4 Å². The first kappa shape index (κ1) is 17.2. The van der Waals surface area contributed by atoms with E-state index in [4.69, 9.17) is 4.74 Å². The van der Waals surface area contributed by atoms with Crippen LogP contribution >= 0.6 is 0 Å². The summed E-state index contributed by atoms with van der Waals surface area (Å²) in [6.45, 7) is 0. The van der Waals surface area contributed by atoms with E-state index in [1.807, 2.05) is 48.5 Å². The minimum atomic E-state index is 0.827. The van der Waals surface area contributed by atoms with Gasteiger partial charge in [-0.3, -0.25) is 4.40 Å². The molecule has 4 nitrogen and oxygen atoms in total. The molecule has 4 heteroatoms. The molecule has 0 atom stereocenters. The third-order valence-electron chi connectivity index (χ3n) is 5.04. The molecule has 0 N–H and O–H groups in total. The summed E-state index contributed by atoms with van der Waals surface area (Å²) in [5, 5.41) is 9.03. The minimum absolute atomic E-state index is 0.827. The van der Waals surface area contributed by atoms with Gasteiger partial charge in [0, 0.05) is 17.3 Å². The summed E-state index contributed by atoms with van der Waals surface area (Å²) >= 11 is 0. The maximum atomic E-state index is 5.31. The largest absolute Gasteiger partial charge is 0.497 e. The van der Waals surface area contributed by atoms with E-state index in [1.54, 1.807) is 7.11 Å². The Balaban J connectivity index is 1.77. The Morgan fingerprint density at radius 1 is 0.655 bits per heavy atom. The van der Waals surface area contributed by atoms with Crippen molar-refractivity contribution in [1.29, 1.82) is 0 Å². The minimum Gasteiger partial charge on any atom is -0.497 e. The summed E-state index contributed by atoms with van der Waals surface area (Å²) in [7, 11) is 1.68. The Morgan fingerprint density at radius 2 is 1.31 bits per heavy atom. The van der Waals surface area contributed by atoms with Gasteiger partial charge in [-0.05, 0) is 34.9 Å². The number of aromatic nitrogens is 3. The molecule has 140 valence electrons. The molecule has 0 aliphatic heterocycles. The van der Waals surface area contributed by atoms with Crippen LogP contribution in [0.4, 0.5) is 0 Å². The number of pyridine rings is 1. The molecular weight excluding hydrogens is 358 g/mol.